The maximum absolute atomic E-state index is 5.57. The van der Waals surface area contributed by atoms with Gasteiger partial charge >= 0.3 is 6.01 Å². The van der Waals surface area contributed by atoms with Crippen molar-refractivity contribution in [2.75, 3.05) is 11.9 Å². The number of nitrogens with zero attached hydrogens (tertiary/aromatic N) is 5. The van der Waals surface area contributed by atoms with Gasteiger partial charge < -0.3 is 10.1 Å². The minimum Gasteiger partial charge on any atom is -0.461 e. The zero-order valence-corrected chi connectivity index (χ0v) is 14.1. The first-order chi connectivity index (χ1) is 10.1. The summed E-state index contributed by atoms with van der Waals surface area (Å²) >= 11 is 2.69. The van der Waals surface area contributed by atoms with Crippen molar-refractivity contribution in [3.63, 3.8) is 0 Å². The van der Waals surface area contributed by atoms with E-state index in [4.69, 9.17) is 4.74 Å². The summed E-state index contributed by atoms with van der Waals surface area (Å²) in [4.78, 5) is 17.2. The first-order valence-electron chi connectivity index (χ1n) is 6.71. The van der Waals surface area contributed by atoms with Gasteiger partial charge in [-0.1, -0.05) is 6.92 Å². The first-order valence-corrected chi connectivity index (χ1v) is 8.30. The van der Waals surface area contributed by atoms with Crippen LogP contribution in [0.4, 0.5) is 5.95 Å². The van der Waals surface area contributed by atoms with Crippen molar-refractivity contribution >= 4 is 29.2 Å². The molecule has 21 heavy (non-hydrogen) atoms. The van der Waals surface area contributed by atoms with Gasteiger partial charge in [0.2, 0.25) is 11.1 Å². The summed E-state index contributed by atoms with van der Waals surface area (Å²) in [5, 5.41) is 3.70. The molecule has 2 rings (SSSR count). The Hall–Kier alpha value is -1.48. The number of anilines is 1. The fraction of sp³-hybridized carbons (Fsp3) is 0.583. The molecule has 0 radical (unpaired) electrons. The van der Waals surface area contributed by atoms with E-state index in [0.29, 0.717) is 17.1 Å². The van der Waals surface area contributed by atoms with Crippen LogP contribution < -0.4 is 10.1 Å². The summed E-state index contributed by atoms with van der Waals surface area (Å²) < 4.78 is 10.5. The standard InChI is InChI=1S/C12H18N6OS2/c1-5-6-13-9-15-10(19-7(2)3)17-11(16-9)20-12-14-8(4)18-21-12/h7H,5-6H2,1-4H3,(H,13,15,16,17). The van der Waals surface area contributed by atoms with Crippen LogP contribution >= 0.6 is 23.3 Å². The fourth-order valence-electron chi connectivity index (χ4n) is 1.36. The van der Waals surface area contributed by atoms with Gasteiger partial charge in [0.15, 0.2) is 4.34 Å². The van der Waals surface area contributed by atoms with E-state index in [1.807, 2.05) is 20.8 Å². The summed E-state index contributed by atoms with van der Waals surface area (Å²) in [6.07, 6.45) is 0.998. The second-order valence-electron chi connectivity index (χ2n) is 4.53. The predicted octanol–water partition coefficient (Wildman–Crippen LogP) is 2.79. The van der Waals surface area contributed by atoms with Gasteiger partial charge in [0, 0.05) is 6.54 Å². The molecule has 0 bridgehead atoms. The highest BCUT2D eigenvalue weighted by Gasteiger charge is 2.12. The molecule has 0 aromatic carbocycles. The van der Waals surface area contributed by atoms with E-state index in [2.05, 4.69) is 36.5 Å². The second kappa shape index (κ2) is 7.51. The maximum Gasteiger partial charge on any atom is 0.322 e. The minimum absolute atomic E-state index is 0.00745. The molecular weight excluding hydrogens is 308 g/mol. The van der Waals surface area contributed by atoms with Gasteiger partial charge in [-0.15, -0.1) is 0 Å². The monoisotopic (exact) mass is 326 g/mol. The molecule has 0 spiro atoms. The number of aromatic nitrogens is 5. The molecule has 9 heteroatoms. The molecule has 0 unspecified atom stereocenters. The molecule has 2 heterocycles. The molecule has 114 valence electrons. The molecule has 0 fully saturated rings. The second-order valence-corrected chi connectivity index (χ2v) is 6.49. The van der Waals surface area contributed by atoms with Gasteiger partial charge in [-0.25, -0.2) is 4.98 Å². The average molecular weight is 326 g/mol. The van der Waals surface area contributed by atoms with Crippen LogP contribution in [0.3, 0.4) is 0 Å². The first kappa shape index (κ1) is 15.9. The van der Waals surface area contributed by atoms with Crippen molar-refractivity contribution in [3.8, 4) is 6.01 Å². The highest BCUT2D eigenvalue weighted by molar-refractivity contribution is 8.00. The third kappa shape index (κ3) is 5.09. The Morgan fingerprint density at radius 2 is 2.05 bits per heavy atom. The Morgan fingerprint density at radius 3 is 2.67 bits per heavy atom. The summed E-state index contributed by atoms with van der Waals surface area (Å²) in [5.74, 6) is 1.27. The summed E-state index contributed by atoms with van der Waals surface area (Å²) in [7, 11) is 0. The number of rotatable bonds is 7. The molecule has 1 N–H and O–H groups in total. The van der Waals surface area contributed by atoms with E-state index >= 15 is 0 Å². The lowest BCUT2D eigenvalue weighted by atomic mass is 10.5. The Bertz CT molecular complexity index is 589. The van der Waals surface area contributed by atoms with E-state index in [0.717, 1.165) is 23.1 Å². The number of hydrogen-bond donors (Lipinski definition) is 1. The molecule has 2 aromatic heterocycles. The Labute approximate surface area is 132 Å². The summed E-state index contributed by atoms with van der Waals surface area (Å²) in [6.45, 7) is 8.61. The summed E-state index contributed by atoms with van der Waals surface area (Å²) in [6, 6.07) is 0.322. The van der Waals surface area contributed by atoms with Crippen molar-refractivity contribution in [1.82, 2.24) is 24.3 Å². The van der Waals surface area contributed by atoms with Crippen LogP contribution in [0.25, 0.3) is 0 Å². The van der Waals surface area contributed by atoms with Crippen LogP contribution in [0.2, 0.25) is 0 Å². The zero-order valence-electron chi connectivity index (χ0n) is 12.5. The minimum atomic E-state index is 0.00745. The molecule has 2 aromatic rings. The Morgan fingerprint density at radius 1 is 1.24 bits per heavy atom. The largest absolute Gasteiger partial charge is 0.461 e. The van der Waals surface area contributed by atoms with Crippen LogP contribution in [0.1, 0.15) is 33.0 Å². The third-order valence-corrected chi connectivity index (χ3v) is 3.86. The molecule has 0 saturated carbocycles. The topological polar surface area (TPSA) is 85.7 Å². The number of ether oxygens (including phenoxy) is 1. The van der Waals surface area contributed by atoms with Crippen molar-refractivity contribution in [3.05, 3.63) is 5.82 Å². The molecule has 0 aliphatic rings. The van der Waals surface area contributed by atoms with Crippen molar-refractivity contribution in [2.24, 2.45) is 0 Å². The molecule has 0 atom stereocenters. The van der Waals surface area contributed by atoms with Gasteiger partial charge in [-0.3, -0.25) is 0 Å². The van der Waals surface area contributed by atoms with Crippen molar-refractivity contribution in [2.45, 2.75) is 49.7 Å². The van der Waals surface area contributed by atoms with E-state index in [1.165, 1.54) is 23.3 Å². The van der Waals surface area contributed by atoms with Crippen LogP contribution in [-0.4, -0.2) is 37.0 Å². The average Bonchev–Trinajstić information content (AvgIpc) is 2.80. The van der Waals surface area contributed by atoms with E-state index in [-0.39, 0.29) is 6.10 Å². The lowest BCUT2D eigenvalue weighted by Gasteiger charge is -2.10. The maximum atomic E-state index is 5.57. The Kier molecular flexibility index (Phi) is 5.68. The van der Waals surface area contributed by atoms with Gasteiger partial charge in [0.25, 0.3) is 0 Å². The van der Waals surface area contributed by atoms with Gasteiger partial charge in [0.05, 0.1) is 6.10 Å². The third-order valence-electron chi connectivity index (χ3n) is 2.16. The quantitative estimate of drug-likeness (QED) is 0.831. The SMILES string of the molecule is CCCNc1nc(OC(C)C)nc(Sc2nc(C)ns2)n1. The highest BCUT2D eigenvalue weighted by atomic mass is 32.2. The lowest BCUT2D eigenvalue weighted by Crippen LogP contribution is -2.12. The molecule has 0 aliphatic heterocycles. The van der Waals surface area contributed by atoms with E-state index < -0.39 is 0 Å². The summed E-state index contributed by atoms with van der Waals surface area (Å²) in [5.41, 5.74) is 0. The van der Waals surface area contributed by atoms with Crippen LogP contribution in [0, 0.1) is 6.92 Å². The van der Waals surface area contributed by atoms with Crippen molar-refractivity contribution in [1.29, 1.82) is 0 Å². The van der Waals surface area contributed by atoms with E-state index in [1.54, 1.807) is 0 Å². The normalized spacial score (nSPS) is 10.9. The lowest BCUT2D eigenvalue weighted by molar-refractivity contribution is 0.219. The molecule has 0 amide bonds. The van der Waals surface area contributed by atoms with Crippen LogP contribution in [0.5, 0.6) is 6.01 Å². The van der Waals surface area contributed by atoms with Gasteiger partial charge in [-0.05, 0) is 50.5 Å². The van der Waals surface area contributed by atoms with Gasteiger partial charge in [-0.2, -0.15) is 19.3 Å². The number of aryl methyl sites for hydroxylation is 1. The van der Waals surface area contributed by atoms with E-state index in [9.17, 15) is 0 Å². The molecular formula is C12H18N6OS2. The molecule has 7 nitrogen and oxygen atoms in total. The van der Waals surface area contributed by atoms with Gasteiger partial charge in [0.1, 0.15) is 5.82 Å². The van der Waals surface area contributed by atoms with Crippen molar-refractivity contribution < 1.29 is 4.74 Å². The fourth-order valence-corrected chi connectivity index (χ4v) is 2.86. The number of hydrogen-bond acceptors (Lipinski definition) is 9. The molecule has 0 aliphatic carbocycles. The van der Waals surface area contributed by atoms with Crippen LogP contribution in [-0.2, 0) is 0 Å². The smallest absolute Gasteiger partial charge is 0.322 e. The van der Waals surface area contributed by atoms with Crippen LogP contribution in [0.15, 0.2) is 9.50 Å². The zero-order chi connectivity index (χ0) is 15.2. The predicted molar refractivity (Wildman–Crippen MR) is 83.1 cm³/mol. The highest BCUT2D eigenvalue weighted by Crippen LogP contribution is 2.27. The number of nitrogens with one attached hydrogen (secondary N) is 1. The molecule has 0 saturated heterocycles. The Balaban J connectivity index is 2.21.